The van der Waals surface area contributed by atoms with Gasteiger partial charge in [0.25, 0.3) is 5.91 Å². The number of pyridine rings is 1. The van der Waals surface area contributed by atoms with E-state index in [4.69, 9.17) is 4.74 Å². The fraction of sp³-hybridized carbons (Fsp3) is 0.294. The number of amides is 1. The van der Waals surface area contributed by atoms with Crippen LogP contribution >= 0.6 is 0 Å². The summed E-state index contributed by atoms with van der Waals surface area (Å²) in [6.45, 7) is 5.23. The van der Waals surface area contributed by atoms with Crippen molar-refractivity contribution in [3.63, 3.8) is 0 Å². The number of benzene rings is 1. The van der Waals surface area contributed by atoms with Crippen LogP contribution in [0, 0.1) is 6.92 Å². The molecule has 1 amide bonds. The average molecular weight is 297 g/mol. The van der Waals surface area contributed by atoms with Crippen molar-refractivity contribution in [2.24, 2.45) is 0 Å². The number of nitrogens with zero attached hydrogens (tertiary/aromatic N) is 2. The van der Waals surface area contributed by atoms with Gasteiger partial charge in [-0.1, -0.05) is 6.07 Å². The van der Waals surface area contributed by atoms with Gasteiger partial charge in [0, 0.05) is 42.4 Å². The topological polar surface area (TPSA) is 54.5 Å². The number of hydrogen-bond donors (Lipinski definition) is 1. The van der Waals surface area contributed by atoms with Gasteiger partial charge in [0.2, 0.25) is 0 Å². The Morgan fingerprint density at radius 3 is 2.64 bits per heavy atom. The molecule has 0 bridgehead atoms. The Balaban J connectivity index is 1.79. The monoisotopic (exact) mass is 297 g/mol. The molecule has 114 valence electrons. The van der Waals surface area contributed by atoms with Gasteiger partial charge >= 0.3 is 0 Å². The molecule has 2 heterocycles. The van der Waals surface area contributed by atoms with Crippen molar-refractivity contribution in [3.05, 3.63) is 53.9 Å². The normalized spacial score (nSPS) is 14.7. The van der Waals surface area contributed by atoms with E-state index in [-0.39, 0.29) is 5.91 Å². The highest BCUT2D eigenvalue weighted by Crippen LogP contribution is 2.24. The first kappa shape index (κ1) is 14.5. The maximum absolute atomic E-state index is 12.3. The van der Waals surface area contributed by atoms with Gasteiger partial charge in [0.1, 0.15) is 0 Å². The Morgan fingerprint density at radius 1 is 1.18 bits per heavy atom. The van der Waals surface area contributed by atoms with Crippen molar-refractivity contribution in [2.45, 2.75) is 6.92 Å². The van der Waals surface area contributed by atoms with E-state index in [0.29, 0.717) is 5.56 Å². The summed E-state index contributed by atoms with van der Waals surface area (Å²) in [6.07, 6.45) is 3.23. The van der Waals surface area contributed by atoms with Crippen molar-refractivity contribution >= 4 is 17.3 Å². The number of anilines is 2. The molecular weight excluding hydrogens is 278 g/mol. The zero-order valence-electron chi connectivity index (χ0n) is 12.6. The Morgan fingerprint density at radius 2 is 1.91 bits per heavy atom. The van der Waals surface area contributed by atoms with Crippen molar-refractivity contribution in [1.29, 1.82) is 0 Å². The van der Waals surface area contributed by atoms with Crippen molar-refractivity contribution in [3.8, 4) is 0 Å². The third-order valence-corrected chi connectivity index (χ3v) is 3.79. The molecule has 1 fully saturated rings. The second-order valence-electron chi connectivity index (χ2n) is 5.29. The molecule has 1 aliphatic rings. The molecular formula is C17H19N3O2. The molecule has 3 rings (SSSR count). The third kappa shape index (κ3) is 3.26. The molecule has 0 saturated carbocycles. The maximum atomic E-state index is 12.3. The van der Waals surface area contributed by atoms with Crippen LogP contribution < -0.4 is 10.2 Å². The highest BCUT2D eigenvalue weighted by molar-refractivity contribution is 6.04. The maximum Gasteiger partial charge on any atom is 0.255 e. The first-order valence-corrected chi connectivity index (χ1v) is 7.39. The van der Waals surface area contributed by atoms with E-state index < -0.39 is 0 Å². The standard InChI is InChI=1S/C17H19N3O2/c1-13-2-3-15(20-8-10-22-11-9-20)12-16(13)19-17(21)14-4-6-18-7-5-14/h2-7,12H,8-11H2,1H3,(H,19,21). The van der Waals surface area contributed by atoms with Crippen molar-refractivity contribution in [2.75, 3.05) is 36.5 Å². The lowest BCUT2D eigenvalue weighted by Gasteiger charge is -2.29. The van der Waals surface area contributed by atoms with E-state index in [1.54, 1.807) is 24.5 Å². The molecule has 1 aromatic heterocycles. The molecule has 0 atom stereocenters. The Labute approximate surface area is 129 Å². The minimum Gasteiger partial charge on any atom is -0.378 e. The lowest BCUT2D eigenvalue weighted by molar-refractivity contribution is 0.102. The highest BCUT2D eigenvalue weighted by Gasteiger charge is 2.13. The summed E-state index contributed by atoms with van der Waals surface area (Å²) in [5.41, 5.74) is 3.59. The molecule has 0 aliphatic carbocycles. The van der Waals surface area contributed by atoms with Gasteiger partial charge in [0.15, 0.2) is 0 Å². The number of carbonyl (C=O) groups is 1. The van der Waals surface area contributed by atoms with Crippen LogP contribution in [-0.2, 0) is 4.74 Å². The van der Waals surface area contributed by atoms with E-state index in [1.807, 2.05) is 19.1 Å². The van der Waals surface area contributed by atoms with E-state index in [1.165, 1.54) is 0 Å². The van der Waals surface area contributed by atoms with Crippen molar-refractivity contribution < 1.29 is 9.53 Å². The number of aryl methyl sites for hydroxylation is 1. The number of rotatable bonds is 3. The number of hydrogen-bond acceptors (Lipinski definition) is 4. The van der Waals surface area contributed by atoms with E-state index >= 15 is 0 Å². The van der Waals surface area contributed by atoms with Crippen LogP contribution in [0.4, 0.5) is 11.4 Å². The number of ether oxygens (including phenoxy) is 1. The Hall–Kier alpha value is -2.40. The van der Waals surface area contributed by atoms with Gasteiger partial charge in [-0.15, -0.1) is 0 Å². The summed E-state index contributed by atoms with van der Waals surface area (Å²) in [4.78, 5) is 18.5. The fourth-order valence-corrected chi connectivity index (χ4v) is 2.46. The van der Waals surface area contributed by atoms with Crippen LogP contribution in [0.3, 0.4) is 0 Å². The minimum absolute atomic E-state index is 0.121. The van der Waals surface area contributed by atoms with Crippen molar-refractivity contribution in [1.82, 2.24) is 4.98 Å². The van der Waals surface area contributed by atoms with Crippen LogP contribution in [0.2, 0.25) is 0 Å². The Bertz CT molecular complexity index is 652. The van der Waals surface area contributed by atoms with Gasteiger partial charge in [-0.3, -0.25) is 9.78 Å². The molecule has 1 saturated heterocycles. The molecule has 22 heavy (non-hydrogen) atoms. The predicted octanol–water partition coefficient (Wildman–Crippen LogP) is 2.48. The van der Waals surface area contributed by atoms with Gasteiger partial charge in [0.05, 0.1) is 13.2 Å². The van der Waals surface area contributed by atoms with Crippen LogP contribution in [0.1, 0.15) is 15.9 Å². The van der Waals surface area contributed by atoms with Crippen LogP contribution in [-0.4, -0.2) is 37.2 Å². The smallest absolute Gasteiger partial charge is 0.255 e. The second kappa shape index (κ2) is 6.58. The molecule has 5 nitrogen and oxygen atoms in total. The summed E-state index contributed by atoms with van der Waals surface area (Å²) >= 11 is 0. The summed E-state index contributed by atoms with van der Waals surface area (Å²) in [5.74, 6) is -0.121. The van der Waals surface area contributed by atoms with Gasteiger partial charge < -0.3 is 15.0 Å². The number of aromatic nitrogens is 1. The molecule has 5 heteroatoms. The summed E-state index contributed by atoms with van der Waals surface area (Å²) < 4.78 is 5.38. The molecule has 1 N–H and O–H groups in total. The first-order chi connectivity index (χ1) is 10.7. The number of morpholine rings is 1. The third-order valence-electron chi connectivity index (χ3n) is 3.79. The number of nitrogens with one attached hydrogen (secondary N) is 1. The molecule has 0 unspecified atom stereocenters. The lowest BCUT2D eigenvalue weighted by atomic mass is 10.1. The van der Waals surface area contributed by atoms with Crippen LogP contribution in [0.15, 0.2) is 42.7 Å². The van der Waals surface area contributed by atoms with Gasteiger partial charge in [-0.25, -0.2) is 0 Å². The predicted molar refractivity (Wildman–Crippen MR) is 86.4 cm³/mol. The summed E-state index contributed by atoms with van der Waals surface area (Å²) in [6, 6.07) is 9.56. The van der Waals surface area contributed by atoms with Crippen LogP contribution in [0.5, 0.6) is 0 Å². The SMILES string of the molecule is Cc1ccc(N2CCOCC2)cc1NC(=O)c1ccncc1. The van der Waals surface area contributed by atoms with Crippen LogP contribution in [0.25, 0.3) is 0 Å². The molecule has 0 spiro atoms. The van der Waals surface area contributed by atoms with E-state index in [9.17, 15) is 4.79 Å². The second-order valence-corrected chi connectivity index (χ2v) is 5.29. The zero-order valence-corrected chi connectivity index (χ0v) is 12.6. The van der Waals surface area contributed by atoms with Gasteiger partial charge in [-0.05, 0) is 36.8 Å². The first-order valence-electron chi connectivity index (χ1n) is 7.39. The lowest BCUT2D eigenvalue weighted by Crippen LogP contribution is -2.36. The number of carbonyl (C=O) groups excluding carboxylic acids is 1. The fourth-order valence-electron chi connectivity index (χ4n) is 2.46. The summed E-state index contributed by atoms with van der Waals surface area (Å²) in [7, 11) is 0. The highest BCUT2D eigenvalue weighted by atomic mass is 16.5. The molecule has 2 aromatic rings. The quantitative estimate of drug-likeness (QED) is 0.945. The van der Waals surface area contributed by atoms with Gasteiger partial charge in [-0.2, -0.15) is 0 Å². The molecule has 0 radical (unpaired) electrons. The molecule has 1 aromatic carbocycles. The van der Waals surface area contributed by atoms with E-state index in [0.717, 1.165) is 43.2 Å². The average Bonchev–Trinajstić information content (AvgIpc) is 2.58. The zero-order chi connectivity index (χ0) is 15.4. The largest absolute Gasteiger partial charge is 0.378 e. The van der Waals surface area contributed by atoms with E-state index in [2.05, 4.69) is 21.3 Å². The Kier molecular flexibility index (Phi) is 4.34. The molecule has 1 aliphatic heterocycles. The summed E-state index contributed by atoms with van der Waals surface area (Å²) in [5, 5.41) is 2.98. The minimum atomic E-state index is -0.121.